The molecule has 7 nitrogen and oxygen atoms in total. The minimum Gasteiger partial charge on any atom is -0.339 e. The number of rotatable bonds is 6. The Balaban J connectivity index is 2.35. The lowest BCUT2D eigenvalue weighted by Gasteiger charge is -2.18. The van der Waals surface area contributed by atoms with Gasteiger partial charge in [-0.1, -0.05) is 17.7 Å². The van der Waals surface area contributed by atoms with Crippen LogP contribution in [0, 0.1) is 0 Å². The number of carbonyl (C=O) groups excluding carboxylic acids is 1. The molecule has 1 aromatic heterocycles. The molecular formula is C16H18ClN3O4S. The molecule has 1 amide bonds. The van der Waals surface area contributed by atoms with Gasteiger partial charge < -0.3 is 4.90 Å². The zero-order chi connectivity index (χ0) is 18.6. The van der Waals surface area contributed by atoms with Crippen molar-refractivity contribution in [3.63, 3.8) is 0 Å². The number of benzene rings is 1. The summed E-state index contributed by atoms with van der Waals surface area (Å²) in [5, 5.41) is 6.07. The molecule has 25 heavy (non-hydrogen) atoms. The van der Waals surface area contributed by atoms with Crippen molar-refractivity contribution in [3.05, 3.63) is 57.0 Å². The highest BCUT2D eigenvalue weighted by molar-refractivity contribution is 7.90. The second kappa shape index (κ2) is 7.79. The van der Waals surface area contributed by atoms with Crippen LogP contribution in [0.3, 0.4) is 0 Å². The van der Waals surface area contributed by atoms with Gasteiger partial charge in [0, 0.05) is 24.7 Å². The van der Waals surface area contributed by atoms with Gasteiger partial charge in [0.25, 0.3) is 5.91 Å². The van der Waals surface area contributed by atoms with Gasteiger partial charge in [0.2, 0.25) is 5.43 Å². The molecule has 0 aliphatic heterocycles. The Bertz CT molecular complexity index is 936. The van der Waals surface area contributed by atoms with E-state index < -0.39 is 21.0 Å². The largest absolute Gasteiger partial charge is 0.339 e. The van der Waals surface area contributed by atoms with Crippen LogP contribution in [0.15, 0.2) is 40.0 Å². The van der Waals surface area contributed by atoms with Crippen LogP contribution < -0.4 is 5.43 Å². The highest BCUT2D eigenvalue weighted by atomic mass is 35.5. The molecule has 1 N–H and O–H groups in total. The maximum Gasteiger partial charge on any atom is 0.253 e. The van der Waals surface area contributed by atoms with E-state index in [2.05, 4.69) is 10.2 Å². The normalized spacial score (nSPS) is 11.3. The molecule has 0 spiro atoms. The SMILES string of the molecule is CCN(CC)C(=O)c1cccc(S(=O)(=O)Cc2n[nH]c(Cl)cc2=O)c1. The van der Waals surface area contributed by atoms with E-state index in [0.717, 1.165) is 6.07 Å². The third-order valence-electron chi connectivity index (χ3n) is 3.66. The van der Waals surface area contributed by atoms with Crippen LogP contribution in [0.5, 0.6) is 0 Å². The summed E-state index contributed by atoms with van der Waals surface area (Å²) in [6, 6.07) is 6.84. The summed E-state index contributed by atoms with van der Waals surface area (Å²) in [7, 11) is -3.84. The van der Waals surface area contributed by atoms with Crippen molar-refractivity contribution in [2.24, 2.45) is 0 Å². The molecule has 9 heteroatoms. The van der Waals surface area contributed by atoms with Crippen LogP contribution >= 0.6 is 11.6 Å². The standard InChI is InChI=1S/C16H18ClN3O4S/c1-3-20(4-2)16(22)11-6-5-7-12(8-11)25(23,24)10-13-14(21)9-15(17)19-18-13/h5-9H,3-4,10H2,1-2H3,(H,19,21). The monoisotopic (exact) mass is 383 g/mol. The zero-order valence-electron chi connectivity index (χ0n) is 13.8. The van der Waals surface area contributed by atoms with E-state index in [1.807, 2.05) is 13.8 Å². The van der Waals surface area contributed by atoms with Crippen molar-refractivity contribution in [2.45, 2.75) is 24.5 Å². The fourth-order valence-electron chi connectivity index (χ4n) is 2.29. The van der Waals surface area contributed by atoms with Crippen molar-refractivity contribution in [2.75, 3.05) is 13.1 Å². The van der Waals surface area contributed by atoms with Crippen LogP contribution in [0.1, 0.15) is 29.9 Å². The first-order valence-corrected chi connectivity index (χ1v) is 9.67. The third-order valence-corrected chi connectivity index (χ3v) is 5.48. The average molecular weight is 384 g/mol. The van der Waals surface area contributed by atoms with Gasteiger partial charge in [-0.25, -0.2) is 8.42 Å². The highest BCUT2D eigenvalue weighted by Gasteiger charge is 2.21. The number of nitrogens with one attached hydrogen (secondary N) is 1. The minimum absolute atomic E-state index is 0.0259. The van der Waals surface area contributed by atoms with E-state index in [4.69, 9.17) is 11.6 Å². The second-order valence-electron chi connectivity index (χ2n) is 5.29. The number of H-pyrrole nitrogens is 1. The van der Waals surface area contributed by atoms with E-state index in [-0.39, 0.29) is 27.2 Å². The summed E-state index contributed by atoms with van der Waals surface area (Å²) < 4.78 is 25.1. The van der Waals surface area contributed by atoms with Crippen LogP contribution in [0.2, 0.25) is 5.15 Å². The summed E-state index contributed by atoms with van der Waals surface area (Å²) in [5.74, 6) is -0.827. The first-order valence-electron chi connectivity index (χ1n) is 7.64. The lowest BCUT2D eigenvalue weighted by atomic mass is 10.2. The van der Waals surface area contributed by atoms with Crippen molar-refractivity contribution < 1.29 is 13.2 Å². The summed E-state index contributed by atoms with van der Waals surface area (Å²) in [6.45, 7) is 4.74. The Morgan fingerprint density at radius 1 is 1.24 bits per heavy atom. The predicted octanol–water partition coefficient (Wildman–Crippen LogP) is 1.88. The number of amides is 1. The molecule has 0 aliphatic carbocycles. The predicted molar refractivity (Wildman–Crippen MR) is 94.5 cm³/mol. The van der Waals surface area contributed by atoms with Crippen LogP contribution in [0.25, 0.3) is 0 Å². The van der Waals surface area contributed by atoms with Crippen molar-refractivity contribution in [1.29, 1.82) is 0 Å². The lowest BCUT2D eigenvalue weighted by Crippen LogP contribution is -2.30. The van der Waals surface area contributed by atoms with Gasteiger partial charge in [0.15, 0.2) is 9.84 Å². The molecule has 1 heterocycles. The molecule has 2 rings (SSSR count). The fourth-order valence-corrected chi connectivity index (χ4v) is 3.76. The molecule has 0 fully saturated rings. The van der Waals surface area contributed by atoms with E-state index in [0.29, 0.717) is 13.1 Å². The molecular weight excluding hydrogens is 366 g/mol. The molecule has 0 atom stereocenters. The summed E-state index contributed by atoms with van der Waals surface area (Å²) >= 11 is 5.61. The number of aromatic amines is 1. The maximum atomic E-state index is 12.6. The fraction of sp³-hybridized carbons (Fsp3) is 0.312. The van der Waals surface area contributed by atoms with Gasteiger partial charge in [-0.15, -0.1) is 0 Å². The number of carbonyl (C=O) groups is 1. The Kier molecular flexibility index (Phi) is 5.97. The molecule has 0 radical (unpaired) electrons. The van der Waals surface area contributed by atoms with Gasteiger partial charge in [0.05, 0.1) is 4.90 Å². The average Bonchev–Trinajstić information content (AvgIpc) is 2.58. The Morgan fingerprint density at radius 2 is 1.92 bits per heavy atom. The van der Waals surface area contributed by atoms with E-state index in [1.54, 1.807) is 11.0 Å². The lowest BCUT2D eigenvalue weighted by molar-refractivity contribution is 0.0772. The van der Waals surface area contributed by atoms with Crippen LogP contribution in [-0.2, 0) is 15.6 Å². The molecule has 0 saturated carbocycles. The molecule has 134 valence electrons. The summed E-state index contributed by atoms with van der Waals surface area (Å²) in [5.41, 5.74) is -0.449. The van der Waals surface area contributed by atoms with Gasteiger partial charge in [-0.05, 0) is 32.0 Å². The number of hydrogen-bond donors (Lipinski definition) is 1. The molecule has 0 aliphatic rings. The topological polar surface area (TPSA) is 100 Å². The minimum atomic E-state index is -3.84. The first kappa shape index (κ1) is 19.1. The molecule has 0 bridgehead atoms. The van der Waals surface area contributed by atoms with Crippen LogP contribution in [0.4, 0.5) is 0 Å². The van der Waals surface area contributed by atoms with Gasteiger partial charge >= 0.3 is 0 Å². The highest BCUT2D eigenvalue weighted by Crippen LogP contribution is 2.17. The zero-order valence-corrected chi connectivity index (χ0v) is 15.4. The van der Waals surface area contributed by atoms with Crippen LogP contribution in [-0.4, -0.2) is 42.5 Å². The Hall–Kier alpha value is -2.19. The number of sulfone groups is 1. The number of hydrogen-bond acceptors (Lipinski definition) is 5. The molecule has 0 saturated heterocycles. The van der Waals surface area contributed by atoms with Gasteiger partial charge in [0.1, 0.15) is 16.6 Å². The van der Waals surface area contributed by atoms with Gasteiger partial charge in [-0.2, -0.15) is 5.10 Å². The first-order chi connectivity index (χ1) is 11.8. The summed E-state index contributed by atoms with van der Waals surface area (Å²) in [4.78, 5) is 25.7. The number of nitrogens with zero attached hydrogens (tertiary/aromatic N) is 2. The molecule has 1 aromatic carbocycles. The number of aromatic nitrogens is 2. The van der Waals surface area contributed by atoms with E-state index in [9.17, 15) is 18.0 Å². The van der Waals surface area contributed by atoms with Gasteiger partial charge in [-0.3, -0.25) is 14.7 Å². The Labute approximate surface area is 150 Å². The maximum absolute atomic E-state index is 12.6. The van der Waals surface area contributed by atoms with E-state index in [1.165, 1.54) is 18.2 Å². The third kappa shape index (κ3) is 4.46. The molecule has 0 unspecified atom stereocenters. The van der Waals surface area contributed by atoms with Crippen molar-refractivity contribution >= 4 is 27.3 Å². The molecule has 2 aromatic rings. The van der Waals surface area contributed by atoms with E-state index >= 15 is 0 Å². The smallest absolute Gasteiger partial charge is 0.253 e. The quantitative estimate of drug-likeness (QED) is 0.820. The number of halogens is 1. The summed E-state index contributed by atoms with van der Waals surface area (Å²) in [6.07, 6.45) is 0. The Morgan fingerprint density at radius 3 is 2.52 bits per heavy atom. The second-order valence-corrected chi connectivity index (χ2v) is 7.69. The van der Waals surface area contributed by atoms with Crippen molar-refractivity contribution in [1.82, 2.24) is 15.1 Å². The van der Waals surface area contributed by atoms with Crippen molar-refractivity contribution in [3.8, 4) is 0 Å².